The lowest BCUT2D eigenvalue weighted by Crippen LogP contribution is -2.09. The van der Waals surface area contributed by atoms with Gasteiger partial charge in [-0.05, 0) is 42.0 Å². The fourth-order valence-corrected chi connectivity index (χ4v) is 2.68. The van der Waals surface area contributed by atoms with Gasteiger partial charge in [-0.15, -0.1) is 0 Å². The quantitative estimate of drug-likeness (QED) is 0.624. The lowest BCUT2D eigenvalue weighted by atomic mass is 10.1. The van der Waals surface area contributed by atoms with Crippen LogP contribution in [0.2, 0.25) is 5.02 Å². The van der Waals surface area contributed by atoms with Crippen LogP contribution in [0.5, 0.6) is 5.75 Å². The Morgan fingerprint density at radius 2 is 1.68 bits per heavy atom. The maximum Gasteiger partial charge on any atom is 0.141 e. The van der Waals surface area contributed by atoms with E-state index in [0.29, 0.717) is 5.02 Å². The second kappa shape index (κ2) is 8.28. The molecule has 1 N–H and O–H groups in total. The first-order chi connectivity index (χ1) is 12.3. The molecule has 1 unspecified atom stereocenters. The molecule has 3 heteroatoms. The van der Waals surface area contributed by atoms with Crippen LogP contribution in [0, 0.1) is 11.8 Å². The van der Waals surface area contributed by atoms with Crippen LogP contribution in [0.15, 0.2) is 78.9 Å². The van der Waals surface area contributed by atoms with Crippen molar-refractivity contribution >= 4 is 17.3 Å². The average molecular weight is 348 g/mol. The van der Waals surface area contributed by atoms with Gasteiger partial charge in [-0.2, -0.15) is 0 Å². The first kappa shape index (κ1) is 17.0. The number of benzene rings is 3. The van der Waals surface area contributed by atoms with Crippen molar-refractivity contribution < 1.29 is 4.74 Å². The Balaban J connectivity index is 1.96. The van der Waals surface area contributed by atoms with E-state index in [0.717, 1.165) is 22.6 Å². The van der Waals surface area contributed by atoms with E-state index >= 15 is 0 Å². The summed E-state index contributed by atoms with van der Waals surface area (Å²) in [4.78, 5) is 0. The van der Waals surface area contributed by atoms with E-state index < -0.39 is 0 Å². The van der Waals surface area contributed by atoms with Crippen LogP contribution in [-0.4, -0.2) is 7.11 Å². The van der Waals surface area contributed by atoms with Gasteiger partial charge in [0.1, 0.15) is 11.8 Å². The summed E-state index contributed by atoms with van der Waals surface area (Å²) in [5.41, 5.74) is 2.86. The molecule has 124 valence electrons. The Hall–Kier alpha value is -2.89. The molecule has 0 amide bonds. The zero-order valence-corrected chi connectivity index (χ0v) is 14.6. The van der Waals surface area contributed by atoms with E-state index in [1.807, 2.05) is 78.9 Å². The number of rotatable bonds is 4. The molecule has 0 aliphatic rings. The van der Waals surface area contributed by atoms with Crippen LogP contribution in [0.4, 0.5) is 5.69 Å². The molecule has 3 aromatic rings. The number of hydrogen-bond donors (Lipinski definition) is 1. The minimum absolute atomic E-state index is 0.213. The molecular weight excluding hydrogens is 330 g/mol. The van der Waals surface area contributed by atoms with Crippen LogP contribution in [0.1, 0.15) is 17.2 Å². The minimum atomic E-state index is -0.213. The highest BCUT2D eigenvalue weighted by molar-refractivity contribution is 6.30. The Morgan fingerprint density at radius 3 is 2.44 bits per heavy atom. The number of ether oxygens (including phenoxy) is 1. The van der Waals surface area contributed by atoms with Crippen LogP contribution in [0.3, 0.4) is 0 Å². The van der Waals surface area contributed by atoms with E-state index in [-0.39, 0.29) is 6.04 Å². The normalized spacial score (nSPS) is 11.1. The molecule has 3 rings (SSSR count). The lowest BCUT2D eigenvalue weighted by Gasteiger charge is -2.17. The molecule has 0 saturated carbocycles. The number of anilines is 1. The Kier molecular flexibility index (Phi) is 5.61. The fraction of sp³-hybridized carbons (Fsp3) is 0.0909. The van der Waals surface area contributed by atoms with Crippen molar-refractivity contribution in [2.75, 3.05) is 12.4 Å². The third kappa shape index (κ3) is 4.56. The number of methoxy groups -OCH3 is 1. The Morgan fingerprint density at radius 1 is 0.920 bits per heavy atom. The third-order valence-electron chi connectivity index (χ3n) is 3.72. The molecule has 1 atom stereocenters. The van der Waals surface area contributed by atoms with Crippen molar-refractivity contribution in [3.8, 4) is 17.6 Å². The Labute approximate surface area is 153 Å². The summed E-state index contributed by atoms with van der Waals surface area (Å²) in [5, 5.41) is 4.14. The van der Waals surface area contributed by atoms with Crippen LogP contribution >= 0.6 is 11.6 Å². The van der Waals surface area contributed by atoms with E-state index in [4.69, 9.17) is 16.3 Å². The summed E-state index contributed by atoms with van der Waals surface area (Å²) in [6.07, 6.45) is 0. The highest BCUT2D eigenvalue weighted by Gasteiger charge is 2.11. The van der Waals surface area contributed by atoms with Gasteiger partial charge in [0.15, 0.2) is 0 Å². The van der Waals surface area contributed by atoms with Crippen molar-refractivity contribution in [2.45, 2.75) is 6.04 Å². The summed E-state index contributed by atoms with van der Waals surface area (Å²) in [6, 6.07) is 25.2. The van der Waals surface area contributed by atoms with Gasteiger partial charge in [-0.1, -0.05) is 65.9 Å². The molecule has 2 nitrogen and oxygen atoms in total. The molecule has 0 aromatic heterocycles. The predicted molar refractivity (Wildman–Crippen MR) is 104 cm³/mol. The van der Waals surface area contributed by atoms with Gasteiger partial charge in [0, 0.05) is 10.6 Å². The maximum atomic E-state index is 6.17. The first-order valence-electron chi connectivity index (χ1n) is 7.98. The van der Waals surface area contributed by atoms with Crippen molar-refractivity contribution in [3.63, 3.8) is 0 Å². The van der Waals surface area contributed by atoms with E-state index in [1.54, 1.807) is 7.11 Å². The van der Waals surface area contributed by atoms with Crippen molar-refractivity contribution in [3.05, 3.63) is 95.0 Å². The first-order valence-corrected chi connectivity index (χ1v) is 8.35. The molecule has 0 aliphatic carbocycles. The Bertz CT molecular complexity index is 896. The van der Waals surface area contributed by atoms with Crippen molar-refractivity contribution in [1.82, 2.24) is 0 Å². The molecule has 0 heterocycles. The lowest BCUT2D eigenvalue weighted by molar-refractivity contribution is 0.416. The largest absolute Gasteiger partial charge is 0.495 e. The van der Waals surface area contributed by atoms with Gasteiger partial charge in [0.2, 0.25) is 0 Å². The number of halogens is 1. The number of nitrogens with one attached hydrogen (secondary N) is 1. The maximum absolute atomic E-state index is 6.17. The van der Waals surface area contributed by atoms with E-state index in [1.165, 1.54) is 0 Å². The summed E-state index contributed by atoms with van der Waals surface area (Å²) in [7, 11) is 1.66. The van der Waals surface area contributed by atoms with E-state index in [2.05, 4.69) is 17.2 Å². The van der Waals surface area contributed by atoms with Crippen LogP contribution < -0.4 is 10.1 Å². The SMILES string of the molecule is COc1ccccc1NC(C#Cc1ccccc1)c1cccc(Cl)c1. The van der Waals surface area contributed by atoms with Gasteiger partial charge in [-0.25, -0.2) is 0 Å². The smallest absolute Gasteiger partial charge is 0.141 e. The molecule has 0 fully saturated rings. The van der Waals surface area contributed by atoms with Gasteiger partial charge in [0.25, 0.3) is 0 Å². The number of para-hydroxylation sites is 2. The summed E-state index contributed by atoms with van der Waals surface area (Å²) >= 11 is 6.17. The van der Waals surface area contributed by atoms with E-state index in [9.17, 15) is 0 Å². The third-order valence-corrected chi connectivity index (χ3v) is 3.96. The number of hydrogen-bond acceptors (Lipinski definition) is 2. The highest BCUT2D eigenvalue weighted by Crippen LogP contribution is 2.28. The molecule has 0 spiro atoms. The summed E-state index contributed by atoms with van der Waals surface area (Å²) < 4.78 is 5.43. The second-order valence-corrected chi connectivity index (χ2v) is 5.90. The molecule has 0 radical (unpaired) electrons. The van der Waals surface area contributed by atoms with Crippen LogP contribution in [0.25, 0.3) is 0 Å². The molecule has 25 heavy (non-hydrogen) atoms. The molecule has 0 saturated heterocycles. The minimum Gasteiger partial charge on any atom is -0.495 e. The van der Waals surface area contributed by atoms with Crippen molar-refractivity contribution in [1.29, 1.82) is 0 Å². The van der Waals surface area contributed by atoms with Gasteiger partial charge >= 0.3 is 0 Å². The van der Waals surface area contributed by atoms with Gasteiger partial charge in [0.05, 0.1) is 12.8 Å². The summed E-state index contributed by atoms with van der Waals surface area (Å²) in [5.74, 6) is 7.30. The monoisotopic (exact) mass is 347 g/mol. The molecular formula is C22H18ClNO. The predicted octanol–water partition coefficient (Wildman–Crippen LogP) is 5.55. The van der Waals surface area contributed by atoms with Crippen molar-refractivity contribution in [2.24, 2.45) is 0 Å². The second-order valence-electron chi connectivity index (χ2n) is 5.47. The van der Waals surface area contributed by atoms with Gasteiger partial charge < -0.3 is 10.1 Å². The fourth-order valence-electron chi connectivity index (χ4n) is 2.49. The molecule has 3 aromatic carbocycles. The topological polar surface area (TPSA) is 21.3 Å². The zero-order chi connectivity index (χ0) is 17.5. The zero-order valence-electron chi connectivity index (χ0n) is 13.9. The standard InChI is InChI=1S/C22H18ClNO/c1-25-22-13-6-5-12-21(22)24-20(18-10-7-11-19(23)16-18)15-14-17-8-3-2-4-9-17/h2-13,16,20,24H,1H3. The summed E-state index contributed by atoms with van der Waals surface area (Å²) in [6.45, 7) is 0. The van der Waals surface area contributed by atoms with Crippen LogP contribution in [-0.2, 0) is 0 Å². The molecule has 0 bridgehead atoms. The van der Waals surface area contributed by atoms with Gasteiger partial charge in [-0.3, -0.25) is 0 Å². The highest BCUT2D eigenvalue weighted by atomic mass is 35.5. The average Bonchev–Trinajstić information content (AvgIpc) is 2.66. The molecule has 0 aliphatic heterocycles.